The molecule has 1 aromatic carbocycles. The molecule has 3 aromatic rings. The highest BCUT2D eigenvalue weighted by Crippen LogP contribution is 2.15. The van der Waals surface area contributed by atoms with Crippen LogP contribution in [-0.4, -0.2) is 55.6 Å². The molecule has 0 aliphatic rings. The zero-order chi connectivity index (χ0) is 22.0. The first-order chi connectivity index (χ1) is 14.2. The van der Waals surface area contributed by atoms with Gasteiger partial charge in [-0.3, -0.25) is 9.59 Å². The molecule has 2 aromatic heterocycles. The molecule has 4 N–H and O–H groups in total. The largest absolute Gasteiger partial charge is 0.477 e. The van der Waals surface area contributed by atoms with E-state index in [1.165, 1.54) is 7.11 Å². The maximum atomic E-state index is 12.6. The maximum Gasteiger partial charge on any atom is 0.354 e. The van der Waals surface area contributed by atoms with E-state index in [2.05, 4.69) is 25.1 Å². The molecule has 0 fully saturated rings. The number of nitrogens with one attached hydrogen (secondary N) is 1. The summed E-state index contributed by atoms with van der Waals surface area (Å²) in [6, 6.07) is 6.92. The summed E-state index contributed by atoms with van der Waals surface area (Å²) in [5.74, 6) is -4.21. The van der Waals surface area contributed by atoms with Crippen LogP contribution in [0.1, 0.15) is 60.5 Å². The fourth-order valence-corrected chi connectivity index (χ4v) is 2.62. The maximum absolute atomic E-state index is 12.6. The number of nitrogens with two attached hydrogens (primary N) is 1. The summed E-state index contributed by atoms with van der Waals surface area (Å²) in [5.41, 5.74) is 5.50. The lowest BCUT2D eigenvalue weighted by molar-refractivity contribution is 0.0599. The highest BCUT2D eigenvalue weighted by molar-refractivity contribution is 5.96. The van der Waals surface area contributed by atoms with Gasteiger partial charge in [0.15, 0.2) is 5.69 Å². The van der Waals surface area contributed by atoms with Crippen molar-refractivity contribution in [2.45, 2.75) is 13.0 Å². The lowest BCUT2D eigenvalue weighted by Crippen LogP contribution is -2.28. The zero-order valence-electron chi connectivity index (χ0n) is 15.8. The summed E-state index contributed by atoms with van der Waals surface area (Å²) in [7, 11) is 1.27. The predicted molar refractivity (Wildman–Crippen MR) is 99.9 cm³/mol. The number of hydrogen-bond donors (Lipinski definition) is 3. The second-order valence-electron chi connectivity index (χ2n) is 6.15. The Morgan fingerprint density at radius 2 is 1.83 bits per heavy atom. The number of benzene rings is 1. The Hall–Kier alpha value is -4.35. The molecular weight excluding hydrogens is 396 g/mol. The van der Waals surface area contributed by atoms with Crippen LogP contribution in [0.15, 0.2) is 30.3 Å². The molecule has 12 heteroatoms. The fourth-order valence-electron chi connectivity index (χ4n) is 2.62. The number of carboxylic acid groups (broad SMARTS) is 1. The quantitative estimate of drug-likeness (QED) is 0.477. The third-order valence-corrected chi connectivity index (χ3v) is 4.16. The number of nitrogens with zero attached hydrogens (tertiary/aromatic N) is 4. The van der Waals surface area contributed by atoms with Gasteiger partial charge in [-0.2, -0.15) is 9.50 Å². The van der Waals surface area contributed by atoms with Gasteiger partial charge < -0.3 is 20.9 Å². The Balaban J connectivity index is 1.88. The topological polar surface area (TPSA) is 179 Å². The molecule has 0 radical (unpaired) electrons. The number of aromatic carboxylic acids is 1. The normalized spacial score (nSPS) is 11.7. The van der Waals surface area contributed by atoms with Gasteiger partial charge in [0, 0.05) is 6.07 Å². The Labute approximate surface area is 168 Å². The second-order valence-corrected chi connectivity index (χ2v) is 6.15. The van der Waals surface area contributed by atoms with Crippen LogP contribution in [0.3, 0.4) is 0 Å². The van der Waals surface area contributed by atoms with Gasteiger partial charge in [0.2, 0.25) is 5.82 Å². The molecule has 30 heavy (non-hydrogen) atoms. The van der Waals surface area contributed by atoms with Crippen molar-refractivity contribution >= 4 is 29.5 Å². The van der Waals surface area contributed by atoms with Gasteiger partial charge in [-0.05, 0) is 24.6 Å². The van der Waals surface area contributed by atoms with Crippen molar-refractivity contribution in [1.29, 1.82) is 0 Å². The first-order valence-corrected chi connectivity index (χ1v) is 8.51. The van der Waals surface area contributed by atoms with Crippen LogP contribution in [0.4, 0.5) is 0 Å². The molecule has 0 saturated heterocycles. The van der Waals surface area contributed by atoms with Crippen LogP contribution in [0.5, 0.6) is 0 Å². The molecule has 2 amide bonds. The van der Waals surface area contributed by atoms with Crippen molar-refractivity contribution in [3.8, 4) is 0 Å². The minimum absolute atomic E-state index is 0.235. The van der Waals surface area contributed by atoms with Crippen LogP contribution in [0.2, 0.25) is 0 Å². The van der Waals surface area contributed by atoms with Crippen LogP contribution in [0.25, 0.3) is 5.78 Å². The third kappa shape index (κ3) is 3.92. The van der Waals surface area contributed by atoms with Crippen LogP contribution >= 0.6 is 0 Å². The van der Waals surface area contributed by atoms with E-state index in [0.717, 1.165) is 10.6 Å². The van der Waals surface area contributed by atoms with Gasteiger partial charge in [0.1, 0.15) is 5.69 Å². The molecule has 2 heterocycles. The zero-order valence-corrected chi connectivity index (χ0v) is 15.8. The van der Waals surface area contributed by atoms with E-state index >= 15 is 0 Å². The van der Waals surface area contributed by atoms with E-state index in [9.17, 15) is 24.3 Å². The molecule has 0 spiro atoms. The number of aromatic nitrogens is 4. The lowest BCUT2D eigenvalue weighted by atomic mass is 10.1. The Morgan fingerprint density at radius 3 is 2.40 bits per heavy atom. The summed E-state index contributed by atoms with van der Waals surface area (Å²) >= 11 is 0. The fraction of sp³-hybridized carbons (Fsp3) is 0.167. The minimum Gasteiger partial charge on any atom is -0.477 e. The van der Waals surface area contributed by atoms with Crippen molar-refractivity contribution in [3.05, 3.63) is 58.7 Å². The molecule has 0 saturated carbocycles. The van der Waals surface area contributed by atoms with Gasteiger partial charge in [-0.25, -0.2) is 14.6 Å². The van der Waals surface area contributed by atoms with E-state index in [4.69, 9.17) is 5.73 Å². The molecule has 0 aliphatic heterocycles. The van der Waals surface area contributed by atoms with Crippen molar-refractivity contribution in [1.82, 2.24) is 24.9 Å². The van der Waals surface area contributed by atoms with E-state index in [1.807, 2.05) is 0 Å². The van der Waals surface area contributed by atoms with Crippen LogP contribution < -0.4 is 11.1 Å². The molecule has 12 nitrogen and oxygen atoms in total. The highest BCUT2D eigenvalue weighted by atomic mass is 16.5. The van der Waals surface area contributed by atoms with Gasteiger partial charge >= 0.3 is 11.9 Å². The number of carboxylic acids is 1. The van der Waals surface area contributed by atoms with Crippen molar-refractivity contribution < 1.29 is 29.0 Å². The monoisotopic (exact) mass is 412 g/mol. The first kappa shape index (κ1) is 20.4. The molecular formula is C18H16N6O6. The van der Waals surface area contributed by atoms with Gasteiger partial charge in [0.05, 0.1) is 18.7 Å². The smallest absolute Gasteiger partial charge is 0.354 e. The third-order valence-electron chi connectivity index (χ3n) is 4.16. The molecule has 1 atom stereocenters. The van der Waals surface area contributed by atoms with E-state index in [0.29, 0.717) is 11.1 Å². The van der Waals surface area contributed by atoms with Crippen molar-refractivity contribution in [2.24, 2.45) is 5.73 Å². The average molecular weight is 412 g/mol. The number of primary amides is 1. The lowest BCUT2D eigenvalue weighted by Gasteiger charge is -2.14. The number of carbonyl (C=O) groups excluding carboxylic acids is 3. The number of rotatable bonds is 6. The summed E-state index contributed by atoms with van der Waals surface area (Å²) in [6.07, 6.45) is 0. The van der Waals surface area contributed by atoms with Crippen molar-refractivity contribution in [3.63, 3.8) is 0 Å². The summed E-state index contributed by atoms with van der Waals surface area (Å²) in [4.78, 5) is 54.6. The molecule has 0 unspecified atom stereocenters. The minimum atomic E-state index is -1.40. The number of ether oxygens (including phenoxy) is 1. The van der Waals surface area contributed by atoms with Gasteiger partial charge in [-0.1, -0.05) is 12.1 Å². The second kappa shape index (κ2) is 7.95. The molecule has 0 aliphatic carbocycles. The first-order valence-electron chi connectivity index (χ1n) is 8.51. The van der Waals surface area contributed by atoms with Crippen molar-refractivity contribution in [2.75, 3.05) is 7.11 Å². The Kier molecular flexibility index (Phi) is 5.40. The summed E-state index contributed by atoms with van der Waals surface area (Å²) < 4.78 is 5.45. The predicted octanol–water partition coefficient (Wildman–Crippen LogP) is 0.199. The van der Waals surface area contributed by atoms with E-state index in [-0.39, 0.29) is 11.5 Å². The number of hydrogen-bond acceptors (Lipinski definition) is 8. The number of esters is 1. The molecule has 154 valence electrons. The number of amides is 2. The number of fused-ring (bicyclic) bond motifs is 1. The van der Waals surface area contributed by atoms with Crippen LogP contribution in [-0.2, 0) is 4.74 Å². The Bertz CT molecular complexity index is 1170. The molecule has 3 rings (SSSR count). The standard InChI is InChI=1S/C18H16N6O6/c1-8(9-3-5-10(6-4-9)17(29)30-2)20-15(26)11-7-12(16(27)28)24-18(21-11)22-14(23-24)13(19)25/h3-8H,1-2H3,(H2,19,25)(H,20,26)(H,27,28)/t8-/m0/s1. The van der Waals surface area contributed by atoms with E-state index < -0.39 is 41.3 Å². The average Bonchev–Trinajstić information content (AvgIpc) is 3.16. The summed E-state index contributed by atoms with van der Waals surface area (Å²) in [6.45, 7) is 1.70. The van der Waals surface area contributed by atoms with Gasteiger partial charge in [0.25, 0.3) is 17.6 Å². The number of methoxy groups -OCH3 is 1. The molecule has 0 bridgehead atoms. The Morgan fingerprint density at radius 1 is 1.17 bits per heavy atom. The SMILES string of the molecule is COC(=O)c1ccc([C@H](C)NC(=O)c2cc(C(=O)O)n3nc(C(N)=O)nc3n2)cc1. The van der Waals surface area contributed by atoms with Gasteiger partial charge in [-0.15, -0.1) is 5.10 Å². The highest BCUT2D eigenvalue weighted by Gasteiger charge is 2.21. The van der Waals surface area contributed by atoms with E-state index in [1.54, 1.807) is 31.2 Å². The summed E-state index contributed by atoms with van der Waals surface area (Å²) in [5, 5.41) is 15.8. The van der Waals surface area contributed by atoms with Crippen LogP contribution in [0, 0.1) is 0 Å². The number of carbonyl (C=O) groups is 4.